The molecule has 1 aliphatic carbocycles. The lowest BCUT2D eigenvalue weighted by atomic mass is 9.83. The van der Waals surface area contributed by atoms with Crippen LogP contribution in [-0.4, -0.2) is 18.8 Å². The van der Waals surface area contributed by atoms with Crippen LogP contribution in [0.4, 0.5) is 13.2 Å². The molecule has 7 rings (SSSR count). The van der Waals surface area contributed by atoms with Crippen molar-refractivity contribution >= 4 is 23.1 Å². The van der Waals surface area contributed by atoms with Crippen LogP contribution in [0.25, 0.3) is 23.1 Å². The highest BCUT2D eigenvalue weighted by Gasteiger charge is 2.35. The number of nitrogens with zero attached hydrogens (tertiary/aromatic N) is 2. The highest BCUT2D eigenvalue weighted by molar-refractivity contribution is 7.07. The Kier molecular flexibility index (Phi) is 6.81. The van der Waals surface area contributed by atoms with Crippen LogP contribution >= 0.6 is 11.3 Å². The van der Waals surface area contributed by atoms with Gasteiger partial charge >= 0.3 is 6.18 Å². The van der Waals surface area contributed by atoms with Gasteiger partial charge in [-0.2, -0.15) is 13.2 Å². The van der Waals surface area contributed by atoms with Crippen molar-refractivity contribution in [3.05, 3.63) is 132 Å². The Balaban J connectivity index is 1.42. The summed E-state index contributed by atoms with van der Waals surface area (Å²) in [5, 5.41) is 0. The van der Waals surface area contributed by atoms with E-state index in [1.54, 1.807) is 30.9 Å². The maximum absolute atomic E-state index is 14.1. The van der Waals surface area contributed by atoms with E-state index in [1.165, 1.54) is 41.2 Å². The van der Waals surface area contributed by atoms with Crippen LogP contribution < -0.4 is 24.4 Å². The lowest BCUT2D eigenvalue weighted by molar-refractivity contribution is -0.137. The van der Waals surface area contributed by atoms with Gasteiger partial charge in [0, 0.05) is 22.8 Å². The third-order valence-corrected chi connectivity index (χ3v) is 8.99. The maximum atomic E-state index is 14.1. The highest BCUT2D eigenvalue weighted by Crippen LogP contribution is 2.44. The van der Waals surface area contributed by atoms with Crippen molar-refractivity contribution in [1.29, 1.82) is 0 Å². The molecule has 1 atom stereocenters. The van der Waals surface area contributed by atoms with Gasteiger partial charge in [-0.25, -0.2) is 4.99 Å². The average Bonchev–Trinajstić information content (AvgIpc) is 3.63. The number of rotatable bonds is 5. The van der Waals surface area contributed by atoms with E-state index in [4.69, 9.17) is 18.9 Å². The maximum Gasteiger partial charge on any atom is 0.417 e. The number of hydrogen-bond acceptors (Lipinski definition) is 6. The first-order valence-electron chi connectivity index (χ1n) is 13.9. The molecule has 0 spiro atoms. The Morgan fingerprint density at radius 3 is 2.50 bits per heavy atom. The first-order valence-corrected chi connectivity index (χ1v) is 14.7. The van der Waals surface area contributed by atoms with Crippen LogP contribution in [0.2, 0.25) is 0 Å². The molecular weight excluding hydrogens is 589 g/mol. The lowest BCUT2D eigenvalue weighted by Crippen LogP contribution is -2.39. The summed E-state index contributed by atoms with van der Waals surface area (Å²) in [5.41, 5.74) is 3.66. The van der Waals surface area contributed by atoms with Gasteiger partial charge in [-0.1, -0.05) is 53.8 Å². The van der Waals surface area contributed by atoms with Crippen molar-refractivity contribution < 1.29 is 27.1 Å². The van der Waals surface area contributed by atoms with Crippen LogP contribution in [0.15, 0.2) is 98.6 Å². The molecule has 0 fully saturated rings. The van der Waals surface area contributed by atoms with E-state index in [0.29, 0.717) is 27.3 Å². The van der Waals surface area contributed by atoms with Crippen molar-refractivity contribution in [2.45, 2.75) is 25.1 Å². The molecule has 5 aromatic rings. The van der Waals surface area contributed by atoms with Gasteiger partial charge in [0.15, 0.2) is 4.80 Å². The number of benzene rings is 3. The monoisotopic (exact) mass is 614 g/mol. The Morgan fingerprint density at radius 1 is 0.955 bits per heavy atom. The molecular formula is C34H25F3N2O4S. The molecule has 0 amide bonds. The number of fused-ring (bicyclic) bond motifs is 3. The lowest BCUT2D eigenvalue weighted by Gasteiger charge is -2.31. The molecule has 2 aliphatic rings. The minimum atomic E-state index is -4.54. The molecule has 0 radical (unpaired) electrons. The molecule has 2 aromatic heterocycles. The third-order valence-electron chi connectivity index (χ3n) is 8.00. The standard InChI is InChI=1S/C34H25F3N2O4S/c1-41-20-12-15-27(42-2)25(17-20)31-24-14-11-19-7-3-4-8-22(19)30(24)38-33-39(31)32(40)29(44-33)18-21-13-16-28(43-21)23-9-5-6-10-26(23)34(35,36)37/h3-10,12-13,15-18,31H,11,14H2,1-2H3/b29-18-/t31-/m1/s1. The molecule has 0 N–H and O–H groups in total. The van der Waals surface area contributed by atoms with Crippen molar-refractivity contribution in [1.82, 2.24) is 4.57 Å². The smallest absolute Gasteiger partial charge is 0.417 e. The van der Waals surface area contributed by atoms with Gasteiger partial charge in [0.1, 0.15) is 23.0 Å². The second-order valence-electron chi connectivity index (χ2n) is 10.5. The summed E-state index contributed by atoms with van der Waals surface area (Å²) in [6, 6.07) is 21.4. The fourth-order valence-electron chi connectivity index (χ4n) is 6.00. The van der Waals surface area contributed by atoms with Gasteiger partial charge in [-0.05, 0) is 60.4 Å². The normalized spacial score (nSPS) is 16.2. The number of methoxy groups -OCH3 is 2. The number of furan rings is 1. The number of aryl methyl sites for hydroxylation is 1. The quantitative estimate of drug-likeness (QED) is 0.223. The van der Waals surface area contributed by atoms with Gasteiger partial charge in [0.05, 0.1) is 36.1 Å². The van der Waals surface area contributed by atoms with Gasteiger partial charge in [-0.3, -0.25) is 9.36 Å². The third kappa shape index (κ3) is 4.66. The van der Waals surface area contributed by atoms with Gasteiger partial charge in [-0.15, -0.1) is 0 Å². The van der Waals surface area contributed by atoms with E-state index in [1.807, 2.05) is 36.4 Å². The van der Waals surface area contributed by atoms with Crippen LogP contribution in [0.5, 0.6) is 11.5 Å². The number of allylic oxidation sites excluding steroid dienone is 1. The Bertz CT molecular complexity index is 2140. The Morgan fingerprint density at radius 2 is 1.73 bits per heavy atom. The number of halogens is 3. The summed E-state index contributed by atoms with van der Waals surface area (Å²) in [6.07, 6.45) is -1.49. The summed E-state index contributed by atoms with van der Waals surface area (Å²) in [5.74, 6) is 1.55. The fourth-order valence-corrected chi connectivity index (χ4v) is 6.98. The first kappa shape index (κ1) is 28.0. The predicted octanol–water partition coefficient (Wildman–Crippen LogP) is 6.61. The number of thiazole rings is 1. The number of ether oxygens (including phenoxy) is 2. The fraction of sp³-hybridized carbons (Fsp3) is 0.176. The SMILES string of the molecule is COc1ccc(OC)c([C@H]2C3=C(N=c4s/c(=C\c5ccc(-c6ccccc6C(F)(F)F)o5)c(=O)n42)c2ccccc2CC3)c1. The number of aromatic nitrogens is 1. The molecule has 6 nitrogen and oxygen atoms in total. The molecule has 0 saturated carbocycles. The molecule has 222 valence electrons. The predicted molar refractivity (Wildman–Crippen MR) is 161 cm³/mol. The van der Waals surface area contributed by atoms with E-state index in [0.717, 1.165) is 34.9 Å². The van der Waals surface area contributed by atoms with E-state index in [-0.39, 0.29) is 22.6 Å². The van der Waals surface area contributed by atoms with Crippen molar-refractivity contribution in [3.63, 3.8) is 0 Å². The van der Waals surface area contributed by atoms with Crippen LogP contribution in [-0.2, 0) is 12.6 Å². The van der Waals surface area contributed by atoms with E-state index in [9.17, 15) is 18.0 Å². The van der Waals surface area contributed by atoms with E-state index >= 15 is 0 Å². The van der Waals surface area contributed by atoms with Gasteiger partial charge in [0.2, 0.25) is 0 Å². The molecule has 44 heavy (non-hydrogen) atoms. The second-order valence-corrected chi connectivity index (χ2v) is 11.5. The van der Waals surface area contributed by atoms with Crippen LogP contribution in [0.1, 0.15) is 40.5 Å². The summed E-state index contributed by atoms with van der Waals surface area (Å²) >= 11 is 1.20. The molecule has 0 saturated heterocycles. The number of hydrogen-bond donors (Lipinski definition) is 0. The molecule has 0 unspecified atom stereocenters. The van der Waals surface area contributed by atoms with E-state index in [2.05, 4.69) is 6.07 Å². The Hall–Kier alpha value is -4.83. The summed E-state index contributed by atoms with van der Waals surface area (Å²) in [6.45, 7) is 0. The zero-order valence-corrected chi connectivity index (χ0v) is 24.5. The summed E-state index contributed by atoms with van der Waals surface area (Å²) in [7, 11) is 3.18. The van der Waals surface area contributed by atoms with Gasteiger partial charge < -0.3 is 13.9 Å². The molecule has 1 aliphatic heterocycles. The minimum absolute atomic E-state index is 0.0583. The highest BCUT2D eigenvalue weighted by atomic mass is 32.1. The first-order chi connectivity index (χ1) is 21.3. The minimum Gasteiger partial charge on any atom is -0.497 e. The topological polar surface area (TPSA) is 66.0 Å². The summed E-state index contributed by atoms with van der Waals surface area (Å²) in [4.78, 5) is 19.6. The second kappa shape index (κ2) is 10.7. The molecule has 3 aromatic carbocycles. The zero-order valence-electron chi connectivity index (χ0n) is 23.6. The van der Waals surface area contributed by atoms with Crippen molar-refractivity contribution in [2.24, 2.45) is 4.99 Å². The zero-order chi connectivity index (χ0) is 30.6. The molecule has 0 bridgehead atoms. The van der Waals surface area contributed by atoms with Gasteiger partial charge in [0.25, 0.3) is 5.56 Å². The van der Waals surface area contributed by atoms with E-state index < -0.39 is 17.8 Å². The Labute approximate surface area is 253 Å². The largest absolute Gasteiger partial charge is 0.497 e. The average molecular weight is 615 g/mol. The summed E-state index contributed by atoms with van der Waals surface area (Å²) < 4.78 is 60.1. The number of alkyl halides is 3. The van der Waals surface area contributed by atoms with Crippen molar-refractivity contribution in [3.8, 4) is 22.8 Å². The van der Waals surface area contributed by atoms with Crippen molar-refractivity contribution in [2.75, 3.05) is 14.2 Å². The van der Waals surface area contributed by atoms with Crippen LogP contribution in [0.3, 0.4) is 0 Å². The molecule has 3 heterocycles. The van der Waals surface area contributed by atoms with Crippen LogP contribution in [0, 0.1) is 0 Å². The molecule has 10 heteroatoms.